The highest BCUT2D eigenvalue weighted by molar-refractivity contribution is 7.16. The Hall–Kier alpha value is -14.2. The number of ketones is 1. The summed E-state index contributed by atoms with van der Waals surface area (Å²) in [4.78, 5) is 56.9. The summed E-state index contributed by atoms with van der Waals surface area (Å²) in [5.74, 6) is 1.86. The average molecular weight is 1580 g/mol. The van der Waals surface area contributed by atoms with E-state index in [4.69, 9.17) is 24.4 Å². The summed E-state index contributed by atoms with van der Waals surface area (Å²) < 4.78 is 12.2. The summed E-state index contributed by atoms with van der Waals surface area (Å²) in [5, 5.41) is 1.17. The highest BCUT2D eigenvalue weighted by Gasteiger charge is 2.24. The second-order valence-corrected chi connectivity index (χ2v) is 32.0. The molecule has 13 nitrogen and oxygen atoms in total. The van der Waals surface area contributed by atoms with Gasteiger partial charge in [-0.2, -0.15) is 0 Å². The van der Waals surface area contributed by atoms with Crippen molar-refractivity contribution in [2.45, 2.75) is 89.9 Å². The highest BCUT2D eigenvalue weighted by atomic mass is 32.1. The first-order chi connectivity index (χ1) is 59.4. The number of rotatable bonds is 10. The molecule has 10 heterocycles. The van der Waals surface area contributed by atoms with E-state index >= 15 is 0 Å². The first-order valence-electron chi connectivity index (χ1n) is 41.5. The number of hydrogen-bond donors (Lipinski definition) is 0. The Morgan fingerprint density at radius 1 is 0.242 bits per heavy atom. The molecular formula is C106H82N10O3S. The van der Waals surface area contributed by atoms with Crippen molar-refractivity contribution in [1.29, 1.82) is 0 Å². The maximum atomic E-state index is 11.8. The third-order valence-electron chi connectivity index (χ3n) is 23.9. The lowest BCUT2D eigenvalue weighted by Crippen LogP contribution is -1.93. The third-order valence-corrected chi connectivity index (χ3v) is 24.7. The van der Waals surface area contributed by atoms with Gasteiger partial charge in [-0.05, 0) is 283 Å². The van der Waals surface area contributed by atoms with Crippen LogP contribution in [0.25, 0.3) is 144 Å². The Kier molecular flexibility index (Phi) is 21.0. The average Bonchev–Trinajstić information content (AvgIpc) is 0.952. The zero-order chi connectivity index (χ0) is 80.1. The number of pyridine rings is 7. The van der Waals surface area contributed by atoms with Crippen LogP contribution in [0.1, 0.15) is 92.5 Å². The summed E-state index contributed by atoms with van der Waals surface area (Å²) >= 11 is 1.68. The molecule has 0 radical (unpaired) electrons. The fraction of sp³-hybridized carbons (Fsp3) is 0.142. The molecule has 18 aromatic rings. The van der Waals surface area contributed by atoms with Crippen LogP contribution in [0.4, 0.5) is 0 Å². The number of nitrogens with zero attached hydrogens (tertiary/aromatic N) is 10. The molecule has 0 atom stereocenters. The summed E-state index contributed by atoms with van der Waals surface area (Å²) in [7, 11) is 0. The molecule has 24 rings (SSSR count). The quantitative estimate of drug-likeness (QED) is 0.127. The predicted molar refractivity (Wildman–Crippen MR) is 482 cm³/mol. The zero-order valence-corrected chi connectivity index (χ0v) is 67.1. The minimum absolute atomic E-state index is 0.247. The molecule has 1 aliphatic heterocycles. The number of aromatic nitrogens is 10. The fourth-order valence-electron chi connectivity index (χ4n) is 17.9. The van der Waals surface area contributed by atoms with Gasteiger partial charge in [-0.15, -0.1) is 11.3 Å². The number of carbonyl (C=O) groups is 1. The number of para-hydroxylation sites is 1. The van der Waals surface area contributed by atoms with Gasteiger partial charge in [0.1, 0.15) is 0 Å². The molecule has 9 aromatic carbocycles. The highest BCUT2D eigenvalue weighted by Crippen LogP contribution is 2.43. The van der Waals surface area contributed by atoms with Gasteiger partial charge in [0.2, 0.25) is 6.79 Å². The van der Waals surface area contributed by atoms with Crippen molar-refractivity contribution >= 4 is 49.3 Å². The number of hydrogen-bond acceptors (Lipinski definition) is 14. The van der Waals surface area contributed by atoms with Crippen LogP contribution in [0, 0.1) is 0 Å². The van der Waals surface area contributed by atoms with Gasteiger partial charge in [0.25, 0.3) is 0 Å². The van der Waals surface area contributed by atoms with E-state index in [0.29, 0.717) is 13.2 Å². The van der Waals surface area contributed by atoms with E-state index in [0.717, 1.165) is 119 Å². The van der Waals surface area contributed by atoms with Crippen LogP contribution in [0.3, 0.4) is 0 Å². The maximum absolute atomic E-state index is 11.8. The molecule has 0 amide bonds. The molecule has 0 saturated heterocycles. The van der Waals surface area contributed by atoms with Gasteiger partial charge < -0.3 is 9.47 Å². The number of fused-ring (bicyclic) bond motifs is 9. The zero-order valence-electron chi connectivity index (χ0n) is 66.2. The van der Waals surface area contributed by atoms with Crippen LogP contribution in [0.15, 0.2) is 316 Å². The van der Waals surface area contributed by atoms with Gasteiger partial charge in [-0.3, -0.25) is 49.7 Å². The van der Waals surface area contributed by atoms with Crippen molar-refractivity contribution < 1.29 is 14.3 Å². The Balaban J connectivity index is 0.0000000959. The molecule has 0 saturated carbocycles. The third kappa shape index (κ3) is 15.5. The lowest BCUT2D eigenvalue weighted by molar-refractivity contribution is 0.0994. The minimum atomic E-state index is 0.247. The van der Waals surface area contributed by atoms with Crippen molar-refractivity contribution in [1.82, 2.24) is 49.8 Å². The Bertz CT molecular complexity index is 6840. The molecule has 0 bridgehead atoms. The largest absolute Gasteiger partial charge is 0.454 e. The smallest absolute Gasteiger partial charge is 0.231 e. The molecule has 120 heavy (non-hydrogen) atoms. The van der Waals surface area contributed by atoms with E-state index in [1.54, 1.807) is 42.3 Å². The number of ether oxygens (including phenoxy) is 2. The summed E-state index contributed by atoms with van der Waals surface area (Å²) in [6.07, 6.45) is 34.3. The number of Topliss-reactive ketones (excluding diaryl/α,β-unsaturated/α-hetero) is 1. The molecule has 14 heteroatoms. The number of thiazole rings is 1. The van der Waals surface area contributed by atoms with Crippen LogP contribution in [0.2, 0.25) is 0 Å². The Labute approximate surface area is 700 Å². The van der Waals surface area contributed by atoms with Crippen LogP contribution in [-0.2, 0) is 57.8 Å². The number of benzene rings is 9. The van der Waals surface area contributed by atoms with E-state index in [9.17, 15) is 4.79 Å². The molecule has 0 N–H and O–H groups in total. The fourth-order valence-corrected chi connectivity index (χ4v) is 18.6. The molecule has 0 spiro atoms. The van der Waals surface area contributed by atoms with Crippen molar-refractivity contribution in [3.63, 3.8) is 0 Å². The predicted octanol–water partition coefficient (Wildman–Crippen LogP) is 24.4. The first kappa shape index (κ1) is 74.6. The minimum Gasteiger partial charge on any atom is -0.454 e. The summed E-state index contributed by atoms with van der Waals surface area (Å²) in [5.41, 5.74) is 42.0. The number of aryl methyl sites for hydroxylation is 9. The van der Waals surface area contributed by atoms with Gasteiger partial charge >= 0.3 is 0 Å². The second kappa shape index (κ2) is 33.8. The maximum Gasteiger partial charge on any atom is 0.231 e. The van der Waals surface area contributed by atoms with E-state index in [1.807, 2.05) is 115 Å². The standard InChI is InChI=1S/C23H18N2.C22H17N3.C21H16N2S.C21H17NO2.C19H14N2O/c1-2-9-22-20(7-1)19(12-14-24-22)21-8-4-13-25-23(21)18-11-10-16-5-3-6-17(16)15-18;1-3-15-6-7-18(13-16(15)4-1)22-19(5-2-10-25-22)17-8-9-20-21(14-17)24-12-11-23-20;2*1-3-14-6-7-17(11-15(14)4-1)21-18(5-2-10-22-21)16-8-9-19-20(12-16)24-13-23-19;22-18-6-4-14-12-15(3-5-16(14)18)19-17(2-1-9-21-19)13-7-10-20-11-8-13/h1-2,4,7-15H,3,5-6H2;2,5-14H,1,3-4H2;2,5-13H,1,3-4H2;2,5-12H,1,3-4,13H2;1-3,5,7-12H,4,6H2. The van der Waals surface area contributed by atoms with Crippen molar-refractivity contribution in [3.05, 3.63) is 372 Å². The van der Waals surface area contributed by atoms with Gasteiger partial charge in [0, 0.05) is 135 Å². The Morgan fingerprint density at radius 3 is 1.23 bits per heavy atom. The van der Waals surface area contributed by atoms with E-state index in [-0.39, 0.29) is 5.78 Å². The van der Waals surface area contributed by atoms with Crippen molar-refractivity contribution in [2.24, 2.45) is 0 Å². The van der Waals surface area contributed by atoms with E-state index in [1.165, 1.54) is 176 Å². The van der Waals surface area contributed by atoms with Crippen molar-refractivity contribution in [3.8, 4) is 123 Å². The molecule has 580 valence electrons. The molecule has 5 aliphatic carbocycles. The normalized spacial score (nSPS) is 13.5. The van der Waals surface area contributed by atoms with Gasteiger partial charge in [-0.25, -0.2) is 4.98 Å². The SMILES string of the molecule is O=C1CCc2cc(-c3ncccc3-c3ccncc3)ccc21.c1cnc(-c2ccc3c(c2)CCC3)c(-c2ccc3c(c2)OCO3)c1.c1cnc(-c2ccc3c(c2)CCC3)c(-c2ccc3nccnc3c2)c1.c1cnc(-c2ccc3c(c2)CCC3)c(-c2ccc3ncsc3c2)c1.c1cnc(-c2ccc3c(c2)CCC3)c(-c2ccnc3ccccc23)c1. The molecule has 0 unspecified atom stereocenters. The second-order valence-electron chi connectivity index (χ2n) is 31.1. The van der Waals surface area contributed by atoms with Gasteiger partial charge in [0.15, 0.2) is 17.3 Å². The van der Waals surface area contributed by atoms with Gasteiger partial charge in [-0.1, -0.05) is 127 Å². The Morgan fingerprint density at radius 2 is 0.675 bits per heavy atom. The van der Waals surface area contributed by atoms with Crippen LogP contribution in [-0.4, -0.2) is 62.4 Å². The van der Waals surface area contributed by atoms with E-state index < -0.39 is 0 Å². The van der Waals surface area contributed by atoms with Gasteiger partial charge in [0.05, 0.1) is 60.7 Å². The summed E-state index contributed by atoms with van der Waals surface area (Å²) in [6, 6.07) is 87.0. The monoisotopic (exact) mass is 1570 g/mol. The molecule has 9 aromatic heterocycles. The van der Waals surface area contributed by atoms with Crippen LogP contribution < -0.4 is 9.47 Å². The van der Waals surface area contributed by atoms with E-state index in [2.05, 4.69) is 205 Å². The number of carbonyl (C=O) groups excluding carboxylic acids is 1. The van der Waals surface area contributed by atoms with Crippen LogP contribution >= 0.6 is 11.3 Å². The topological polar surface area (TPSA) is 164 Å². The molecule has 6 aliphatic rings. The van der Waals surface area contributed by atoms with Crippen molar-refractivity contribution in [2.75, 3.05) is 6.79 Å². The lowest BCUT2D eigenvalue weighted by Gasteiger charge is -2.12. The molecule has 0 fully saturated rings. The lowest BCUT2D eigenvalue weighted by atomic mass is 9.95. The van der Waals surface area contributed by atoms with Crippen LogP contribution in [0.5, 0.6) is 11.5 Å². The first-order valence-corrected chi connectivity index (χ1v) is 42.4. The summed E-state index contributed by atoms with van der Waals surface area (Å²) in [6.45, 7) is 0.295. The molecular weight excluding hydrogens is 1490 g/mol.